The Kier molecular flexibility index (Phi) is 6.20. The summed E-state index contributed by atoms with van der Waals surface area (Å²) in [6.07, 6.45) is 4.04. The molecule has 0 spiro atoms. The fourth-order valence-electron chi connectivity index (χ4n) is 1.82. The number of benzene rings is 1. The summed E-state index contributed by atoms with van der Waals surface area (Å²) in [6.45, 7) is 6.08. The third-order valence-electron chi connectivity index (χ3n) is 2.87. The average molecular weight is 246 g/mol. The summed E-state index contributed by atoms with van der Waals surface area (Å²) in [5, 5.41) is 0. The van der Waals surface area contributed by atoms with E-state index in [1.54, 1.807) is 0 Å². The van der Waals surface area contributed by atoms with Crippen LogP contribution in [0.2, 0.25) is 0 Å². The van der Waals surface area contributed by atoms with Gasteiger partial charge in [0.25, 0.3) is 0 Å². The number of carbonyl (C=O) groups is 1. The molecule has 0 radical (unpaired) electrons. The average Bonchev–Trinajstić information content (AvgIpc) is 2.39. The van der Waals surface area contributed by atoms with Gasteiger partial charge in [0.05, 0.1) is 6.42 Å². The van der Waals surface area contributed by atoms with Crippen LogP contribution in [0.1, 0.15) is 51.5 Å². The maximum Gasteiger partial charge on any atom is 0.311 e. The Morgan fingerprint density at radius 2 is 1.94 bits per heavy atom. The molecule has 0 bridgehead atoms. The van der Waals surface area contributed by atoms with Gasteiger partial charge >= 0.3 is 5.97 Å². The van der Waals surface area contributed by atoms with Gasteiger partial charge in [-0.15, -0.1) is 0 Å². The lowest BCUT2D eigenvalue weighted by atomic mass is 9.98. The SMILES string of the molecule is CC/C=C(/CC)OC(=O)CC(C)c1ccccc1. The van der Waals surface area contributed by atoms with Crippen molar-refractivity contribution < 1.29 is 9.53 Å². The second kappa shape index (κ2) is 7.70. The molecule has 0 heterocycles. The number of esters is 1. The van der Waals surface area contributed by atoms with Crippen molar-refractivity contribution in [3.8, 4) is 0 Å². The lowest BCUT2D eigenvalue weighted by Crippen LogP contribution is -2.08. The van der Waals surface area contributed by atoms with E-state index in [0.29, 0.717) is 6.42 Å². The minimum absolute atomic E-state index is 0.145. The van der Waals surface area contributed by atoms with Gasteiger partial charge in [-0.25, -0.2) is 0 Å². The van der Waals surface area contributed by atoms with Gasteiger partial charge < -0.3 is 4.74 Å². The molecule has 0 aliphatic rings. The van der Waals surface area contributed by atoms with E-state index >= 15 is 0 Å². The number of rotatable bonds is 6. The van der Waals surface area contributed by atoms with Crippen molar-refractivity contribution in [2.45, 2.75) is 46.0 Å². The van der Waals surface area contributed by atoms with E-state index in [9.17, 15) is 4.79 Å². The van der Waals surface area contributed by atoms with Gasteiger partial charge in [-0.05, 0) is 24.0 Å². The zero-order valence-corrected chi connectivity index (χ0v) is 11.5. The molecule has 2 heteroatoms. The van der Waals surface area contributed by atoms with Crippen LogP contribution in [-0.4, -0.2) is 5.97 Å². The van der Waals surface area contributed by atoms with Crippen molar-refractivity contribution in [3.05, 3.63) is 47.7 Å². The molecular weight excluding hydrogens is 224 g/mol. The quantitative estimate of drug-likeness (QED) is 0.548. The molecule has 1 rings (SSSR count). The van der Waals surface area contributed by atoms with Crippen molar-refractivity contribution in [1.82, 2.24) is 0 Å². The highest BCUT2D eigenvalue weighted by Crippen LogP contribution is 2.20. The van der Waals surface area contributed by atoms with Crippen molar-refractivity contribution in [2.75, 3.05) is 0 Å². The van der Waals surface area contributed by atoms with Crippen molar-refractivity contribution in [2.24, 2.45) is 0 Å². The Bertz CT molecular complexity index is 393. The van der Waals surface area contributed by atoms with Crippen LogP contribution in [0.25, 0.3) is 0 Å². The van der Waals surface area contributed by atoms with Crippen LogP contribution >= 0.6 is 0 Å². The van der Waals surface area contributed by atoms with E-state index in [0.717, 1.165) is 18.6 Å². The number of hydrogen-bond acceptors (Lipinski definition) is 2. The normalized spacial score (nSPS) is 13.2. The standard InChI is InChI=1S/C16H22O2/c1-4-9-15(5-2)18-16(17)12-13(3)14-10-7-6-8-11-14/h6-11,13H,4-5,12H2,1-3H3/b15-9-. The second-order valence-electron chi connectivity index (χ2n) is 4.42. The third kappa shape index (κ3) is 4.74. The molecular formula is C16H22O2. The molecule has 18 heavy (non-hydrogen) atoms. The molecule has 2 nitrogen and oxygen atoms in total. The molecule has 0 aliphatic heterocycles. The summed E-state index contributed by atoms with van der Waals surface area (Å²) in [5.74, 6) is 0.828. The topological polar surface area (TPSA) is 26.3 Å². The number of ether oxygens (including phenoxy) is 1. The molecule has 0 saturated carbocycles. The highest BCUT2D eigenvalue weighted by molar-refractivity contribution is 5.71. The van der Waals surface area contributed by atoms with Crippen LogP contribution in [0.3, 0.4) is 0 Å². The lowest BCUT2D eigenvalue weighted by molar-refractivity contribution is -0.140. The van der Waals surface area contributed by atoms with E-state index in [4.69, 9.17) is 4.74 Å². The molecule has 0 saturated heterocycles. The van der Waals surface area contributed by atoms with Gasteiger partial charge in [0.1, 0.15) is 5.76 Å². The summed E-state index contributed by atoms with van der Waals surface area (Å²) < 4.78 is 5.35. The molecule has 1 atom stereocenters. The van der Waals surface area contributed by atoms with Crippen molar-refractivity contribution >= 4 is 5.97 Å². The summed E-state index contributed by atoms with van der Waals surface area (Å²) >= 11 is 0. The predicted octanol–water partition coefficient (Wildman–Crippen LogP) is 4.43. The predicted molar refractivity (Wildman–Crippen MR) is 74.2 cm³/mol. The van der Waals surface area contributed by atoms with Crippen LogP contribution in [-0.2, 0) is 9.53 Å². The van der Waals surface area contributed by atoms with Gasteiger partial charge in [0.15, 0.2) is 0 Å². The minimum atomic E-state index is -0.145. The first-order valence-electron chi connectivity index (χ1n) is 6.62. The first kappa shape index (κ1) is 14.5. The van der Waals surface area contributed by atoms with Crippen LogP contribution in [0, 0.1) is 0 Å². The first-order valence-corrected chi connectivity index (χ1v) is 6.62. The lowest BCUT2D eigenvalue weighted by Gasteiger charge is -2.12. The maximum atomic E-state index is 11.8. The molecule has 0 aromatic heterocycles. The van der Waals surface area contributed by atoms with Gasteiger partial charge in [0.2, 0.25) is 0 Å². The molecule has 0 aliphatic carbocycles. The van der Waals surface area contributed by atoms with E-state index in [1.165, 1.54) is 5.56 Å². The molecule has 0 fully saturated rings. The zero-order valence-electron chi connectivity index (χ0n) is 11.5. The Morgan fingerprint density at radius 3 is 2.50 bits per heavy atom. The van der Waals surface area contributed by atoms with Crippen LogP contribution in [0.4, 0.5) is 0 Å². The summed E-state index contributed by atoms with van der Waals surface area (Å²) in [6, 6.07) is 10.0. The molecule has 1 aromatic rings. The minimum Gasteiger partial charge on any atom is -0.431 e. The Morgan fingerprint density at radius 1 is 1.28 bits per heavy atom. The monoisotopic (exact) mass is 246 g/mol. The molecule has 1 aromatic carbocycles. The Balaban J connectivity index is 2.52. The first-order chi connectivity index (χ1) is 8.67. The summed E-state index contributed by atoms with van der Waals surface area (Å²) in [4.78, 5) is 11.8. The summed E-state index contributed by atoms with van der Waals surface area (Å²) in [7, 11) is 0. The Labute approximate surface area is 110 Å². The maximum absolute atomic E-state index is 11.8. The van der Waals surface area contributed by atoms with Crippen LogP contribution in [0.5, 0.6) is 0 Å². The largest absolute Gasteiger partial charge is 0.431 e. The fourth-order valence-corrected chi connectivity index (χ4v) is 1.82. The van der Waals surface area contributed by atoms with E-state index in [1.807, 2.05) is 57.2 Å². The number of hydrogen-bond donors (Lipinski definition) is 0. The van der Waals surface area contributed by atoms with Crippen LogP contribution < -0.4 is 0 Å². The highest BCUT2D eigenvalue weighted by Gasteiger charge is 2.13. The van der Waals surface area contributed by atoms with Crippen LogP contribution in [0.15, 0.2) is 42.2 Å². The van der Waals surface area contributed by atoms with E-state index in [2.05, 4.69) is 0 Å². The molecule has 1 unspecified atom stereocenters. The van der Waals surface area contributed by atoms with Gasteiger partial charge in [-0.1, -0.05) is 51.1 Å². The van der Waals surface area contributed by atoms with E-state index < -0.39 is 0 Å². The smallest absolute Gasteiger partial charge is 0.311 e. The van der Waals surface area contributed by atoms with Gasteiger partial charge in [-0.3, -0.25) is 4.79 Å². The van der Waals surface area contributed by atoms with Gasteiger partial charge in [0, 0.05) is 6.42 Å². The van der Waals surface area contributed by atoms with Crippen molar-refractivity contribution in [1.29, 1.82) is 0 Å². The number of allylic oxidation sites excluding steroid dienone is 2. The molecule has 98 valence electrons. The fraction of sp³-hybridized carbons (Fsp3) is 0.438. The highest BCUT2D eigenvalue weighted by atomic mass is 16.5. The summed E-state index contributed by atoms with van der Waals surface area (Å²) in [5.41, 5.74) is 1.17. The zero-order chi connectivity index (χ0) is 13.4. The third-order valence-corrected chi connectivity index (χ3v) is 2.87. The number of carbonyl (C=O) groups excluding carboxylic acids is 1. The molecule has 0 amide bonds. The van der Waals surface area contributed by atoms with Gasteiger partial charge in [-0.2, -0.15) is 0 Å². The second-order valence-corrected chi connectivity index (χ2v) is 4.42. The molecule has 0 N–H and O–H groups in total. The van der Waals surface area contributed by atoms with Crippen molar-refractivity contribution in [3.63, 3.8) is 0 Å². The Hall–Kier alpha value is -1.57. The van der Waals surface area contributed by atoms with E-state index in [-0.39, 0.29) is 11.9 Å².